The Bertz CT molecular complexity index is 496. The third-order valence-corrected chi connectivity index (χ3v) is 2.39. The minimum atomic E-state index is 0.420. The van der Waals surface area contributed by atoms with Crippen molar-refractivity contribution in [3.05, 3.63) is 35.4 Å². The van der Waals surface area contributed by atoms with E-state index in [-0.39, 0.29) is 0 Å². The lowest BCUT2D eigenvalue weighted by molar-refractivity contribution is 0.476. The van der Waals surface area contributed by atoms with Crippen LogP contribution in [0.3, 0.4) is 0 Å². The van der Waals surface area contributed by atoms with E-state index in [1.54, 1.807) is 23.1 Å². The van der Waals surface area contributed by atoms with Gasteiger partial charge in [-0.25, -0.2) is 4.98 Å². The molecule has 2 aromatic heterocycles. The molecule has 0 amide bonds. The minimum Gasteiger partial charge on any atom is -0.454 e. The molecule has 2 aromatic rings. The fourth-order valence-electron chi connectivity index (χ4n) is 1.29. The molecule has 0 aromatic carbocycles. The zero-order chi connectivity index (χ0) is 11.5. The van der Waals surface area contributed by atoms with Crippen LogP contribution in [0.4, 0.5) is 0 Å². The van der Waals surface area contributed by atoms with Gasteiger partial charge in [0.1, 0.15) is 10.9 Å². The van der Waals surface area contributed by atoms with E-state index in [0.717, 1.165) is 12.1 Å². The van der Waals surface area contributed by atoms with E-state index in [0.29, 0.717) is 16.7 Å². The number of hydrogen-bond donors (Lipinski definition) is 0. The molecule has 0 atom stereocenters. The molecule has 0 aliphatic heterocycles. The summed E-state index contributed by atoms with van der Waals surface area (Å²) in [7, 11) is 0. The first-order chi connectivity index (χ1) is 7.69. The van der Waals surface area contributed by atoms with Gasteiger partial charge in [-0.2, -0.15) is 5.10 Å². The maximum absolute atomic E-state index is 5.80. The number of aryl methyl sites for hydroxylation is 2. The molecule has 0 radical (unpaired) electrons. The Labute approximate surface area is 98.8 Å². The number of nitrogens with zero attached hydrogens (tertiary/aromatic N) is 3. The van der Waals surface area contributed by atoms with E-state index in [9.17, 15) is 0 Å². The van der Waals surface area contributed by atoms with Crippen molar-refractivity contribution < 1.29 is 4.74 Å². The lowest BCUT2D eigenvalue weighted by Gasteiger charge is -2.05. The van der Waals surface area contributed by atoms with Crippen molar-refractivity contribution in [2.45, 2.75) is 20.4 Å². The van der Waals surface area contributed by atoms with Gasteiger partial charge in [0.2, 0.25) is 0 Å². The molecular formula is C11H12ClN3O. The van der Waals surface area contributed by atoms with E-state index < -0.39 is 0 Å². The number of hydrogen-bond acceptors (Lipinski definition) is 3. The van der Waals surface area contributed by atoms with Crippen molar-refractivity contribution >= 4 is 11.6 Å². The van der Waals surface area contributed by atoms with Gasteiger partial charge in [0.15, 0.2) is 5.75 Å². The van der Waals surface area contributed by atoms with Crippen molar-refractivity contribution in [3.8, 4) is 11.5 Å². The maximum Gasteiger partial charge on any atom is 0.165 e. The second kappa shape index (κ2) is 4.53. The van der Waals surface area contributed by atoms with E-state index in [1.807, 2.05) is 20.0 Å². The van der Waals surface area contributed by atoms with Gasteiger partial charge in [-0.3, -0.25) is 4.68 Å². The quantitative estimate of drug-likeness (QED) is 0.771. The molecule has 0 saturated carbocycles. The first-order valence-electron chi connectivity index (χ1n) is 5.01. The van der Waals surface area contributed by atoms with Crippen LogP contribution < -0.4 is 4.74 Å². The summed E-state index contributed by atoms with van der Waals surface area (Å²) < 4.78 is 7.46. The Hall–Kier alpha value is -1.55. The number of halogens is 1. The van der Waals surface area contributed by atoms with Crippen LogP contribution in [0, 0.1) is 6.92 Å². The molecular weight excluding hydrogens is 226 g/mol. The number of rotatable bonds is 3. The summed E-state index contributed by atoms with van der Waals surface area (Å²) in [6.07, 6.45) is 5.20. The van der Waals surface area contributed by atoms with Gasteiger partial charge in [-0.15, -0.1) is 0 Å². The van der Waals surface area contributed by atoms with Crippen molar-refractivity contribution in [2.24, 2.45) is 0 Å². The van der Waals surface area contributed by atoms with E-state index >= 15 is 0 Å². The van der Waals surface area contributed by atoms with Crippen molar-refractivity contribution in [3.63, 3.8) is 0 Å². The number of aromatic nitrogens is 3. The van der Waals surface area contributed by atoms with Gasteiger partial charge < -0.3 is 4.74 Å². The fraction of sp³-hybridized carbons (Fsp3) is 0.273. The van der Waals surface area contributed by atoms with Gasteiger partial charge in [0, 0.05) is 24.4 Å². The molecule has 0 N–H and O–H groups in total. The highest BCUT2D eigenvalue weighted by Crippen LogP contribution is 2.25. The summed E-state index contributed by atoms with van der Waals surface area (Å²) >= 11 is 5.80. The number of ether oxygens (including phenoxy) is 1. The molecule has 2 rings (SSSR count). The van der Waals surface area contributed by atoms with Crippen LogP contribution in [0.2, 0.25) is 5.15 Å². The summed E-state index contributed by atoms with van der Waals surface area (Å²) in [4.78, 5) is 3.97. The smallest absolute Gasteiger partial charge is 0.165 e. The molecule has 0 bridgehead atoms. The lowest BCUT2D eigenvalue weighted by atomic mass is 10.3. The second-order valence-corrected chi connectivity index (χ2v) is 3.79. The molecule has 2 heterocycles. The van der Waals surface area contributed by atoms with E-state index in [1.165, 1.54) is 0 Å². The van der Waals surface area contributed by atoms with Gasteiger partial charge in [0.05, 0.1) is 12.4 Å². The highest BCUT2D eigenvalue weighted by molar-refractivity contribution is 6.29. The van der Waals surface area contributed by atoms with Gasteiger partial charge >= 0.3 is 0 Å². The molecule has 84 valence electrons. The Morgan fingerprint density at radius 2 is 2.25 bits per heavy atom. The predicted octanol–water partition coefficient (Wildman–Crippen LogP) is 3.05. The molecule has 0 fully saturated rings. The standard InChI is InChI=1S/C11H12ClN3O/c1-3-15-7-9(6-14-15)16-10-4-11(12)13-5-8(10)2/h4-7H,3H2,1-2H3. The zero-order valence-corrected chi connectivity index (χ0v) is 9.90. The molecule has 0 spiro atoms. The van der Waals surface area contributed by atoms with Gasteiger partial charge in [-0.1, -0.05) is 11.6 Å². The first-order valence-corrected chi connectivity index (χ1v) is 5.39. The van der Waals surface area contributed by atoms with Crippen LogP contribution >= 0.6 is 11.6 Å². The van der Waals surface area contributed by atoms with E-state index in [2.05, 4.69) is 10.1 Å². The van der Waals surface area contributed by atoms with Crippen LogP contribution in [0.1, 0.15) is 12.5 Å². The Kier molecular flexibility index (Phi) is 3.10. The van der Waals surface area contributed by atoms with Crippen molar-refractivity contribution in [1.29, 1.82) is 0 Å². The Morgan fingerprint density at radius 1 is 1.44 bits per heavy atom. The largest absolute Gasteiger partial charge is 0.454 e. The molecule has 16 heavy (non-hydrogen) atoms. The average molecular weight is 238 g/mol. The molecule has 4 nitrogen and oxygen atoms in total. The highest BCUT2D eigenvalue weighted by Gasteiger charge is 2.05. The molecule has 0 unspecified atom stereocenters. The molecule has 5 heteroatoms. The van der Waals surface area contributed by atoms with Gasteiger partial charge in [-0.05, 0) is 13.8 Å². The van der Waals surface area contributed by atoms with Gasteiger partial charge in [0.25, 0.3) is 0 Å². The highest BCUT2D eigenvalue weighted by atomic mass is 35.5. The fourth-order valence-corrected chi connectivity index (χ4v) is 1.44. The van der Waals surface area contributed by atoms with E-state index in [4.69, 9.17) is 16.3 Å². The first kappa shape index (κ1) is 11.0. The van der Waals surface area contributed by atoms with Crippen molar-refractivity contribution in [1.82, 2.24) is 14.8 Å². The lowest BCUT2D eigenvalue weighted by Crippen LogP contribution is -1.92. The molecule has 0 saturated heterocycles. The van der Waals surface area contributed by atoms with Crippen LogP contribution in [0.5, 0.6) is 11.5 Å². The summed E-state index contributed by atoms with van der Waals surface area (Å²) in [5, 5.41) is 4.55. The summed E-state index contributed by atoms with van der Waals surface area (Å²) in [6, 6.07) is 1.69. The Balaban J connectivity index is 2.22. The Morgan fingerprint density at radius 3 is 2.94 bits per heavy atom. The SMILES string of the molecule is CCn1cc(Oc2cc(Cl)ncc2C)cn1. The third-order valence-electron chi connectivity index (χ3n) is 2.18. The summed E-state index contributed by atoms with van der Waals surface area (Å²) in [5.74, 6) is 1.41. The maximum atomic E-state index is 5.80. The summed E-state index contributed by atoms with van der Waals surface area (Å²) in [6.45, 7) is 4.76. The van der Waals surface area contributed by atoms with Crippen LogP contribution in [0.25, 0.3) is 0 Å². The minimum absolute atomic E-state index is 0.420. The monoisotopic (exact) mass is 237 g/mol. The van der Waals surface area contributed by atoms with Crippen LogP contribution in [-0.2, 0) is 6.54 Å². The summed E-state index contributed by atoms with van der Waals surface area (Å²) in [5.41, 5.74) is 0.939. The zero-order valence-electron chi connectivity index (χ0n) is 9.14. The third kappa shape index (κ3) is 2.33. The predicted molar refractivity (Wildman–Crippen MR) is 62.0 cm³/mol. The normalized spacial score (nSPS) is 10.4. The van der Waals surface area contributed by atoms with Crippen molar-refractivity contribution in [2.75, 3.05) is 0 Å². The topological polar surface area (TPSA) is 39.9 Å². The van der Waals surface area contributed by atoms with Crippen LogP contribution in [-0.4, -0.2) is 14.8 Å². The second-order valence-electron chi connectivity index (χ2n) is 3.41. The molecule has 0 aliphatic carbocycles. The average Bonchev–Trinajstić information content (AvgIpc) is 2.71. The number of pyridine rings is 1. The molecule has 0 aliphatic rings. The van der Waals surface area contributed by atoms with Crippen LogP contribution in [0.15, 0.2) is 24.7 Å².